The SMILES string of the molecule is C=CCN(CC(=O)N(Cc1ccccc1)Cc1coc2ccc(C)cc2c1=O)C(=O)Nc1ccccc1C(F)(F)F. The zero-order valence-corrected chi connectivity index (χ0v) is 22.3. The lowest BCUT2D eigenvalue weighted by Gasteiger charge is -2.27. The molecule has 0 aliphatic rings. The van der Waals surface area contributed by atoms with Crippen molar-refractivity contribution in [3.05, 3.63) is 124 Å². The first kappa shape index (κ1) is 29.1. The molecule has 3 aromatic carbocycles. The van der Waals surface area contributed by atoms with Crippen molar-refractivity contribution < 1.29 is 27.2 Å². The fourth-order valence-electron chi connectivity index (χ4n) is 4.31. The molecule has 0 unspecified atom stereocenters. The van der Waals surface area contributed by atoms with Crippen LogP contribution in [0.1, 0.15) is 22.3 Å². The maximum atomic E-state index is 13.6. The minimum absolute atomic E-state index is 0.109. The molecule has 1 heterocycles. The number of hydrogen-bond donors (Lipinski definition) is 1. The molecule has 0 aliphatic heterocycles. The van der Waals surface area contributed by atoms with E-state index in [0.717, 1.165) is 28.2 Å². The number of nitrogens with one attached hydrogen (secondary N) is 1. The molecule has 7 nitrogen and oxygen atoms in total. The summed E-state index contributed by atoms with van der Waals surface area (Å²) in [6, 6.07) is 18.0. The lowest BCUT2D eigenvalue weighted by atomic mass is 10.1. The van der Waals surface area contributed by atoms with Crippen LogP contribution in [-0.4, -0.2) is 34.8 Å². The van der Waals surface area contributed by atoms with Crippen molar-refractivity contribution in [2.45, 2.75) is 26.2 Å². The van der Waals surface area contributed by atoms with Gasteiger partial charge in [0.05, 0.1) is 35.0 Å². The highest BCUT2D eigenvalue weighted by atomic mass is 19.4. The number of nitrogens with zero attached hydrogens (tertiary/aromatic N) is 2. The number of amides is 3. The van der Waals surface area contributed by atoms with E-state index in [-0.39, 0.29) is 30.6 Å². The Morgan fingerprint density at radius 2 is 1.68 bits per heavy atom. The van der Waals surface area contributed by atoms with Crippen LogP contribution < -0.4 is 10.7 Å². The highest BCUT2D eigenvalue weighted by Crippen LogP contribution is 2.34. The van der Waals surface area contributed by atoms with Crippen LogP contribution in [0.25, 0.3) is 11.0 Å². The van der Waals surface area contributed by atoms with E-state index in [1.165, 1.54) is 29.4 Å². The van der Waals surface area contributed by atoms with Crippen LogP contribution in [0.15, 0.2) is 101 Å². The van der Waals surface area contributed by atoms with E-state index in [1.54, 1.807) is 24.3 Å². The second kappa shape index (κ2) is 12.5. The third-order valence-corrected chi connectivity index (χ3v) is 6.37. The average molecular weight is 564 g/mol. The summed E-state index contributed by atoms with van der Waals surface area (Å²) in [5.41, 5.74) is 0.576. The molecule has 0 saturated heterocycles. The largest absolute Gasteiger partial charge is 0.464 e. The van der Waals surface area contributed by atoms with E-state index >= 15 is 0 Å². The van der Waals surface area contributed by atoms with Gasteiger partial charge in [-0.15, -0.1) is 6.58 Å². The van der Waals surface area contributed by atoms with E-state index in [9.17, 15) is 27.6 Å². The number of benzene rings is 3. The summed E-state index contributed by atoms with van der Waals surface area (Å²) in [7, 11) is 0. The number of urea groups is 1. The number of carbonyl (C=O) groups excluding carboxylic acids is 2. The third-order valence-electron chi connectivity index (χ3n) is 6.37. The molecule has 0 aliphatic carbocycles. The molecule has 0 atom stereocenters. The van der Waals surface area contributed by atoms with Gasteiger partial charge in [-0.25, -0.2) is 4.79 Å². The monoisotopic (exact) mass is 563 g/mol. The maximum Gasteiger partial charge on any atom is 0.418 e. The van der Waals surface area contributed by atoms with Crippen molar-refractivity contribution in [3.63, 3.8) is 0 Å². The average Bonchev–Trinajstić information content (AvgIpc) is 2.94. The topological polar surface area (TPSA) is 82.9 Å². The Morgan fingerprint density at radius 3 is 2.39 bits per heavy atom. The van der Waals surface area contributed by atoms with Gasteiger partial charge in [0.1, 0.15) is 12.1 Å². The number of aryl methyl sites for hydroxylation is 1. The molecule has 1 N–H and O–H groups in total. The molecule has 0 spiro atoms. The lowest BCUT2D eigenvalue weighted by Crippen LogP contribution is -2.44. The second-order valence-electron chi connectivity index (χ2n) is 9.47. The van der Waals surface area contributed by atoms with Crippen molar-refractivity contribution in [3.8, 4) is 0 Å². The highest BCUT2D eigenvalue weighted by Gasteiger charge is 2.34. The summed E-state index contributed by atoms with van der Waals surface area (Å²) in [6.07, 6.45) is -2.01. The molecule has 212 valence electrons. The minimum Gasteiger partial charge on any atom is -0.464 e. The van der Waals surface area contributed by atoms with Gasteiger partial charge in [0, 0.05) is 13.1 Å². The molecule has 10 heteroatoms. The Balaban J connectivity index is 1.60. The van der Waals surface area contributed by atoms with Crippen LogP contribution in [0.5, 0.6) is 0 Å². The third kappa shape index (κ3) is 7.21. The molecule has 0 radical (unpaired) electrons. The number of hydrogen-bond acceptors (Lipinski definition) is 4. The zero-order chi connectivity index (χ0) is 29.6. The smallest absolute Gasteiger partial charge is 0.418 e. The van der Waals surface area contributed by atoms with Gasteiger partial charge in [-0.3, -0.25) is 9.59 Å². The normalized spacial score (nSPS) is 11.2. The summed E-state index contributed by atoms with van der Waals surface area (Å²) in [6.45, 7) is 4.87. The molecule has 41 heavy (non-hydrogen) atoms. The Kier molecular flexibility index (Phi) is 8.91. The van der Waals surface area contributed by atoms with Gasteiger partial charge in [0.15, 0.2) is 5.43 Å². The summed E-state index contributed by atoms with van der Waals surface area (Å²) >= 11 is 0. The van der Waals surface area contributed by atoms with E-state index < -0.39 is 35.9 Å². The summed E-state index contributed by atoms with van der Waals surface area (Å²) in [4.78, 5) is 42.4. The van der Waals surface area contributed by atoms with Gasteiger partial charge in [-0.1, -0.05) is 60.2 Å². The summed E-state index contributed by atoms with van der Waals surface area (Å²) in [5.74, 6) is -0.529. The molecule has 4 rings (SSSR count). The first-order valence-electron chi connectivity index (χ1n) is 12.7. The molecular formula is C31H28F3N3O4. The first-order chi connectivity index (χ1) is 19.6. The fourth-order valence-corrected chi connectivity index (χ4v) is 4.31. The Morgan fingerprint density at radius 1 is 0.976 bits per heavy atom. The number of fused-ring (bicyclic) bond motifs is 1. The molecule has 1 aromatic heterocycles. The lowest BCUT2D eigenvalue weighted by molar-refractivity contribution is -0.137. The number of carbonyl (C=O) groups is 2. The molecule has 0 bridgehead atoms. The van der Waals surface area contributed by atoms with Crippen LogP contribution in [0, 0.1) is 6.92 Å². The molecule has 0 fully saturated rings. The van der Waals surface area contributed by atoms with Crippen LogP contribution in [0.2, 0.25) is 0 Å². The molecule has 0 saturated carbocycles. The number of rotatable bonds is 9. The van der Waals surface area contributed by atoms with Gasteiger partial charge in [0.25, 0.3) is 0 Å². The Bertz CT molecular complexity index is 1620. The van der Waals surface area contributed by atoms with E-state index in [2.05, 4.69) is 11.9 Å². The van der Waals surface area contributed by atoms with E-state index in [4.69, 9.17) is 4.42 Å². The maximum absolute atomic E-state index is 13.6. The van der Waals surface area contributed by atoms with Crippen molar-refractivity contribution in [1.82, 2.24) is 9.80 Å². The van der Waals surface area contributed by atoms with Crippen molar-refractivity contribution in [1.29, 1.82) is 0 Å². The van der Waals surface area contributed by atoms with Crippen molar-refractivity contribution in [2.75, 3.05) is 18.4 Å². The highest BCUT2D eigenvalue weighted by molar-refractivity contribution is 5.93. The van der Waals surface area contributed by atoms with Gasteiger partial charge < -0.3 is 19.5 Å². The van der Waals surface area contributed by atoms with Gasteiger partial charge >= 0.3 is 12.2 Å². The van der Waals surface area contributed by atoms with Crippen LogP contribution in [0.4, 0.5) is 23.7 Å². The zero-order valence-electron chi connectivity index (χ0n) is 22.3. The van der Waals surface area contributed by atoms with Gasteiger partial charge in [0.2, 0.25) is 5.91 Å². The quantitative estimate of drug-likeness (QED) is 0.240. The first-order valence-corrected chi connectivity index (χ1v) is 12.7. The number of anilines is 1. The predicted molar refractivity (Wildman–Crippen MR) is 150 cm³/mol. The summed E-state index contributed by atoms with van der Waals surface area (Å²) in [5, 5.41) is 2.64. The van der Waals surface area contributed by atoms with Crippen molar-refractivity contribution in [2.24, 2.45) is 0 Å². The van der Waals surface area contributed by atoms with Crippen LogP contribution in [-0.2, 0) is 24.1 Å². The number of halogens is 3. The van der Waals surface area contributed by atoms with Crippen LogP contribution >= 0.6 is 0 Å². The molecule has 3 amide bonds. The fraction of sp³-hybridized carbons (Fsp3) is 0.194. The standard InChI is InChI=1S/C31H28F3N3O4/c1-3-15-36(30(40)35-26-12-8-7-11-25(26)31(32,33)34)19-28(38)37(17-22-9-5-4-6-10-22)18-23-20-41-27-14-13-21(2)16-24(27)29(23)39/h3-14,16,20H,1,15,17-19H2,2H3,(H,35,40). The second-order valence-corrected chi connectivity index (χ2v) is 9.47. The van der Waals surface area contributed by atoms with E-state index in [1.807, 2.05) is 31.2 Å². The minimum atomic E-state index is -4.69. The number of alkyl halides is 3. The number of para-hydroxylation sites is 1. The van der Waals surface area contributed by atoms with E-state index in [0.29, 0.717) is 11.0 Å². The Hall–Kier alpha value is -4.86. The Labute approximate surface area is 234 Å². The summed E-state index contributed by atoms with van der Waals surface area (Å²) < 4.78 is 46.0. The van der Waals surface area contributed by atoms with Crippen molar-refractivity contribution >= 4 is 28.6 Å². The molecule has 4 aromatic rings. The van der Waals surface area contributed by atoms with Crippen LogP contribution in [0.3, 0.4) is 0 Å². The predicted octanol–water partition coefficient (Wildman–Crippen LogP) is 6.37. The van der Waals surface area contributed by atoms with Gasteiger partial charge in [-0.2, -0.15) is 13.2 Å². The van der Waals surface area contributed by atoms with Gasteiger partial charge in [-0.05, 0) is 36.8 Å². The molecular weight excluding hydrogens is 535 g/mol.